The monoisotopic (exact) mass is 430 g/mol. The second-order valence-corrected chi connectivity index (χ2v) is 8.41. The smallest absolute Gasteiger partial charge is 0.259 e. The molecule has 6 nitrogen and oxygen atoms in total. The molecule has 0 saturated carbocycles. The van der Waals surface area contributed by atoms with Crippen molar-refractivity contribution in [3.05, 3.63) is 84.1 Å². The van der Waals surface area contributed by atoms with E-state index in [1.807, 2.05) is 43.4 Å². The predicted octanol–water partition coefficient (Wildman–Crippen LogP) is 5.08. The van der Waals surface area contributed by atoms with Crippen molar-refractivity contribution in [3.8, 4) is 0 Å². The van der Waals surface area contributed by atoms with Gasteiger partial charge in [-0.05, 0) is 42.3 Å². The summed E-state index contributed by atoms with van der Waals surface area (Å²) in [5, 5.41) is 6.18. The molecule has 2 aromatic rings. The molecule has 166 valence electrons. The van der Waals surface area contributed by atoms with E-state index < -0.39 is 0 Å². The molecule has 0 unspecified atom stereocenters. The molecule has 0 atom stereocenters. The van der Waals surface area contributed by atoms with Crippen LogP contribution >= 0.6 is 0 Å². The van der Waals surface area contributed by atoms with Crippen LogP contribution in [0, 0.1) is 0 Å². The minimum absolute atomic E-state index is 0.0106. The second-order valence-electron chi connectivity index (χ2n) is 8.41. The Labute approximate surface area is 189 Å². The minimum Gasteiger partial charge on any atom is -0.365 e. The van der Waals surface area contributed by atoms with Gasteiger partial charge in [0, 0.05) is 43.0 Å². The van der Waals surface area contributed by atoms with E-state index in [1.54, 1.807) is 36.2 Å². The highest BCUT2D eigenvalue weighted by Gasteiger charge is 2.36. The number of nitrogens with zero attached hydrogens (tertiary/aromatic N) is 2. The molecule has 0 spiro atoms. The van der Waals surface area contributed by atoms with Gasteiger partial charge in [-0.25, -0.2) is 4.98 Å². The number of nitrogens with one attached hydrogen (secondary N) is 2. The molecule has 1 aromatic carbocycles. The SMILES string of the molecule is C=C/C=C(\C=C/C)CNc1ncccc1C(=O)Nc1ccc2c(c1)N(C(C)=O)CC2(C)C. The first kappa shape index (κ1) is 23.0. The highest BCUT2D eigenvalue weighted by atomic mass is 16.2. The number of hydrogen-bond donors (Lipinski definition) is 2. The maximum atomic E-state index is 13.1. The molecule has 2 amide bonds. The summed E-state index contributed by atoms with van der Waals surface area (Å²) in [4.78, 5) is 31.3. The summed E-state index contributed by atoms with van der Waals surface area (Å²) < 4.78 is 0. The molecule has 1 aromatic heterocycles. The number of carbonyl (C=O) groups excluding carboxylic acids is 2. The lowest BCUT2D eigenvalue weighted by Gasteiger charge is -2.19. The summed E-state index contributed by atoms with van der Waals surface area (Å²) in [6, 6.07) is 9.19. The van der Waals surface area contributed by atoms with Gasteiger partial charge < -0.3 is 15.5 Å². The maximum Gasteiger partial charge on any atom is 0.259 e. The number of aromatic nitrogens is 1. The molecule has 0 bridgehead atoms. The normalized spacial score (nSPS) is 14.9. The number of pyridine rings is 1. The van der Waals surface area contributed by atoms with Gasteiger partial charge in [-0.1, -0.05) is 50.8 Å². The molecule has 3 rings (SSSR count). The topological polar surface area (TPSA) is 74.3 Å². The first-order valence-electron chi connectivity index (χ1n) is 10.6. The molecule has 6 heteroatoms. The zero-order valence-corrected chi connectivity index (χ0v) is 19.1. The minimum atomic E-state index is -0.271. The fraction of sp³-hybridized carbons (Fsp3) is 0.269. The number of amides is 2. The first-order chi connectivity index (χ1) is 15.3. The summed E-state index contributed by atoms with van der Waals surface area (Å²) in [5.74, 6) is 0.216. The predicted molar refractivity (Wildman–Crippen MR) is 131 cm³/mol. The zero-order valence-electron chi connectivity index (χ0n) is 19.1. The number of rotatable bonds is 7. The number of benzene rings is 1. The van der Waals surface area contributed by atoms with Crippen LogP contribution in [0.3, 0.4) is 0 Å². The van der Waals surface area contributed by atoms with Gasteiger partial charge in [0.15, 0.2) is 0 Å². The van der Waals surface area contributed by atoms with Crippen LogP contribution in [0.15, 0.2) is 73.0 Å². The van der Waals surface area contributed by atoms with Crippen LogP contribution in [0.1, 0.15) is 43.6 Å². The van der Waals surface area contributed by atoms with E-state index in [0.717, 1.165) is 16.8 Å². The lowest BCUT2D eigenvalue weighted by atomic mass is 9.87. The van der Waals surface area contributed by atoms with E-state index in [4.69, 9.17) is 0 Å². The number of anilines is 3. The molecule has 0 fully saturated rings. The van der Waals surface area contributed by atoms with E-state index in [2.05, 4.69) is 36.0 Å². The Kier molecular flexibility index (Phi) is 6.93. The van der Waals surface area contributed by atoms with Crippen molar-refractivity contribution in [1.82, 2.24) is 4.98 Å². The van der Waals surface area contributed by atoms with Crippen LogP contribution in [0.5, 0.6) is 0 Å². The third-order valence-electron chi connectivity index (χ3n) is 5.43. The molecule has 0 saturated heterocycles. The molecule has 2 N–H and O–H groups in total. The summed E-state index contributed by atoms with van der Waals surface area (Å²) >= 11 is 0. The van der Waals surface area contributed by atoms with Crippen molar-refractivity contribution in [1.29, 1.82) is 0 Å². The van der Waals surface area contributed by atoms with Crippen molar-refractivity contribution < 1.29 is 9.59 Å². The van der Waals surface area contributed by atoms with Gasteiger partial charge in [-0.3, -0.25) is 9.59 Å². The van der Waals surface area contributed by atoms with Gasteiger partial charge >= 0.3 is 0 Å². The lowest BCUT2D eigenvalue weighted by Crippen LogP contribution is -2.32. The molecular formula is C26H30N4O2. The van der Waals surface area contributed by atoms with Crippen LogP contribution in [0.2, 0.25) is 0 Å². The van der Waals surface area contributed by atoms with Crippen LogP contribution < -0.4 is 15.5 Å². The average molecular weight is 431 g/mol. The maximum absolute atomic E-state index is 13.1. The standard InChI is InChI=1S/C26H30N4O2/c1-6-9-19(10-7-2)16-28-24-21(11-8-14-27-24)25(32)29-20-12-13-22-23(15-20)30(18(3)31)17-26(22,4)5/h6-15H,1,16-17H2,2-5H3,(H,27,28)(H,29,32)/b10-7-,19-9+. The zero-order chi connectivity index (χ0) is 23.3. The van der Waals surface area contributed by atoms with Crippen LogP contribution in [0.25, 0.3) is 0 Å². The fourth-order valence-corrected chi connectivity index (χ4v) is 3.90. The summed E-state index contributed by atoms with van der Waals surface area (Å²) in [5.41, 5.74) is 3.90. The quantitative estimate of drug-likeness (QED) is 0.601. The van der Waals surface area contributed by atoms with Gasteiger partial charge in [0.2, 0.25) is 5.91 Å². The van der Waals surface area contributed by atoms with E-state index >= 15 is 0 Å². The Morgan fingerprint density at radius 1 is 1.28 bits per heavy atom. The Morgan fingerprint density at radius 2 is 2.06 bits per heavy atom. The largest absolute Gasteiger partial charge is 0.365 e. The van der Waals surface area contributed by atoms with E-state index in [-0.39, 0.29) is 17.2 Å². The number of carbonyl (C=O) groups is 2. The highest BCUT2D eigenvalue weighted by molar-refractivity contribution is 6.08. The van der Waals surface area contributed by atoms with Crippen molar-refractivity contribution >= 4 is 29.0 Å². The van der Waals surface area contributed by atoms with Gasteiger partial charge in [-0.15, -0.1) is 0 Å². The van der Waals surface area contributed by atoms with Gasteiger partial charge in [-0.2, -0.15) is 0 Å². The van der Waals surface area contributed by atoms with Crippen LogP contribution in [0.4, 0.5) is 17.2 Å². The van der Waals surface area contributed by atoms with Gasteiger partial charge in [0.05, 0.1) is 5.56 Å². The fourth-order valence-electron chi connectivity index (χ4n) is 3.90. The molecule has 1 aliphatic heterocycles. The molecular weight excluding hydrogens is 400 g/mol. The van der Waals surface area contributed by atoms with E-state index in [1.165, 1.54) is 0 Å². The second kappa shape index (κ2) is 9.64. The molecule has 1 aliphatic rings. The molecule has 0 radical (unpaired) electrons. The number of fused-ring (bicyclic) bond motifs is 1. The molecule has 2 heterocycles. The first-order valence-corrected chi connectivity index (χ1v) is 10.6. The number of hydrogen-bond acceptors (Lipinski definition) is 4. The van der Waals surface area contributed by atoms with E-state index in [0.29, 0.717) is 30.2 Å². The Balaban J connectivity index is 1.82. The Bertz CT molecular complexity index is 1100. The molecule has 0 aliphatic carbocycles. The van der Waals surface area contributed by atoms with Crippen molar-refractivity contribution in [2.75, 3.05) is 28.6 Å². The van der Waals surface area contributed by atoms with Crippen LogP contribution in [-0.2, 0) is 10.2 Å². The summed E-state index contributed by atoms with van der Waals surface area (Å²) in [7, 11) is 0. The van der Waals surface area contributed by atoms with Crippen molar-refractivity contribution in [2.24, 2.45) is 0 Å². The highest BCUT2D eigenvalue weighted by Crippen LogP contribution is 2.41. The summed E-state index contributed by atoms with van der Waals surface area (Å²) in [6.45, 7) is 12.6. The van der Waals surface area contributed by atoms with E-state index in [9.17, 15) is 9.59 Å². The third kappa shape index (κ3) is 4.97. The molecule has 32 heavy (non-hydrogen) atoms. The lowest BCUT2D eigenvalue weighted by molar-refractivity contribution is -0.116. The average Bonchev–Trinajstić information content (AvgIpc) is 3.03. The number of allylic oxidation sites excluding steroid dienone is 3. The van der Waals surface area contributed by atoms with Crippen molar-refractivity contribution in [2.45, 2.75) is 33.1 Å². The van der Waals surface area contributed by atoms with Gasteiger partial charge in [0.25, 0.3) is 5.91 Å². The third-order valence-corrected chi connectivity index (χ3v) is 5.43. The summed E-state index contributed by atoms with van der Waals surface area (Å²) in [6.07, 6.45) is 9.20. The van der Waals surface area contributed by atoms with Gasteiger partial charge in [0.1, 0.15) is 5.82 Å². The van der Waals surface area contributed by atoms with Crippen LogP contribution in [-0.4, -0.2) is 29.9 Å². The Morgan fingerprint density at radius 3 is 2.75 bits per heavy atom. The Hall–Kier alpha value is -3.67. The van der Waals surface area contributed by atoms with Crippen molar-refractivity contribution in [3.63, 3.8) is 0 Å².